The summed E-state index contributed by atoms with van der Waals surface area (Å²) < 4.78 is 8.59. The van der Waals surface area contributed by atoms with Crippen LogP contribution in [0, 0.1) is 0 Å². The van der Waals surface area contributed by atoms with Crippen LogP contribution in [0.2, 0.25) is 0 Å². The second kappa shape index (κ2) is 5.37. The quantitative estimate of drug-likeness (QED) is 0.491. The average Bonchev–Trinajstić information content (AvgIpc) is 1.81. The molecular weight excluding hydrogens is 206 g/mol. The molecule has 0 amide bonds. The summed E-state index contributed by atoms with van der Waals surface area (Å²) in [6.45, 7) is 2.01. The zero-order valence-electron chi connectivity index (χ0n) is 7.50. The summed E-state index contributed by atoms with van der Waals surface area (Å²) in [5.41, 5.74) is 0. The SMILES string of the molecule is COP(O)OC.CP(C)(O)(O)O. The molecule has 0 spiro atoms. The normalized spacial score (nSPS) is 14.6. The van der Waals surface area contributed by atoms with E-state index in [-0.39, 0.29) is 0 Å². The molecule has 0 aromatic rings. The van der Waals surface area contributed by atoms with Crippen molar-refractivity contribution in [2.24, 2.45) is 0 Å². The summed E-state index contributed by atoms with van der Waals surface area (Å²) in [6, 6.07) is 0. The average molecular weight is 222 g/mol. The minimum atomic E-state index is -4.05. The summed E-state index contributed by atoms with van der Waals surface area (Å²) in [5.74, 6) is 0. The molecule has 0 bridgehead atoms. The standard InChI is InChI=1S/C2H9O3P.C2H7O3P/c1-6(2,3,4)5;1-4-6(3)5-2/h3-5H,1-2H3;3H,1-2H3. The predicted molar refractivity (Wildman–Crippen MR) is 48.6 cm³/mol. The molecule has 0 aliphatic rings. The fourth-order valence-corrected chi connectivity index (χ4v) is 0.224. The zero-order chi connectivity index (χ0) is 10.4. The number of hydrogen-bond donors (Lipinski definition) is 4. The van der Waals surface area contributed by atoms with Crippen LogP contribution in [0.1, 0.15) is 0 Å². The van der Waals surface area contributed by atoms with E-state index in [1.807, 2.05) is 0 Å². The molecule has 6 nitrogen and oxygen atoms in total. The van der Waals surface area contributed by atoms with E-state index >= 15 is 0 Å². The van der Waals surface area contributed by atoms with Crippen molar-refractivity contribution in [3.05, 3.63) is 0 Å². The van der Waals surface area contributed by atoms with Crippen molar-refractivity contribution in [2.45, 2.75) is 0 Å². The van der Waals surface area contributed by atoms with Gasteiger partial charge in [0.25, 0.3) is 0 Å². The second-order valence-electron chi connectivity index (χ2n) is 2.52. The third kappa shape index (κ3) is 46.0. The van der Waals surface area contributed by atoms with Crippen molar-refractivity contribution in [1.29, 1.82) is 0 Å². The molecule has 0 saturated heterocycles. The molecule has 0 heterocycles. The Bertz CT molecular complexity index is 97.5. The second-order valence-corrected chi connectivity index (χ2v) is 7.56. The Morgan fingerprint density at radius 1 is 1.00 bits per heavy atom. The first-order chi connectivity index (χ1) is 5.04. The monoisotopic (exact) mass is 222 g/mol. The van der Waals surface area contributed by atoms with Crippen molar-refractivity contribution in [1.82, 2.24) is 0 Å². The van der Waals surface area contributed by atoms with Gasteiger partial charge >= 0.3 is 43.9 Å². The van der Waals surface area contributed by atoms with Gasteiger partial charge in [-0.3, -0.25) is 0 Å². The fraction of sp³-hybridized carbons (Fsp3) is 1.00. The van der Waals surface area contributed by atoms with E-state index in [9.17, 15) is 0 Å². The predicted octanol–water partition coefficient (Wildman–Crippen LogP) is 0.0196. The molecule has 0 aliphatic heterocycles. The van der Waals surface area contributed by atoms with E-state index in [2.05, 4.69) is 9.05 Å². The van der Waals surface area contributed by atoms with Gasteiger partial charge in [-0.2, -0.15) is 0 Å². The van der Waals surface area contributed by atoms with Gasteiger partial charge in [0.05, 0.1) is 0 Å². The molecule has 0 aliphatic carbocycles. The van der Waals surface area contributed by atoms with Crippen LogP contribution in [0.4, 0.5) is 0 Å². The summed E-state index contributed by atoms with van der Waals surface area (Å²) in [7, 11) is -2.86. The van der Waals surface area contributed by atoms with Gasteiger partial charge in [0.15, 0.2) is 0 Å². The molecule has 12 heavy (non-hydrogen) atoms. The molecule has 0 aromatic carbocycles. The molecule has 0 atom stereocenters. The molecule has 0 rings (SSSR count). The van der Waals surface area contributed by atoms with E-state index in [0.29, 0.717) is 0 Å². The molecule has 0 saturated carbocycles. The molecule has 0 aromatic heterocycles. The molecule has 0 fully saturated rings. The fourth-order valence-electron chi connectivity index (χ4n) is 0.0745. The van der Waals surface area contributed by atoms with E-state index < -0.39 is 15.9 Å². The minimum absolute atomic E-state index is 1.01. The Labute approximate surface area is 72.9 Å². The van der Waals surface area contributed by atoms with Crippen LogP contribution in [0.5, 0.6) is 0 Å². The Balaban J connectivity index is 0. The molecule has 78 valence electrons. The van der Waals surface area contributed by atoms with Gasteiger partial charge in [0.2, 0.25) is 0 Å². The van der Waals surface area contributed by atoms with E-state index in [1.54, 1.807) is 0 Å². The van der Waals surface area contributed by atoms with Gasteiger partial charge in [-0.05, 0) is 0 Å². The Morgan fingerprint density at radius 2 is 1.17 bits per heavy atom. The van der Waals surface area contributed by atoms with Crippen LogP contribution in [0.3, 0.4) is 0 Å². The number of hydrogen-bond acceptors (Lipinski definition) is 6. The maximum atomic E-state index is 8.29. The van der Waals surface area contributed by atoms with Crippen molar-refractivity contribution >= 4 is 15.9 Å². The van der Waals surface area contributed by atoms with Crippen LogP contribution in [0.25, 0.3) is 0 Å². The topological polar surface area (TPSA) is 99.4 Å². The Morgan fingerprint density at radius 3 is 1.17 bits per heavy atom. The summed E-state index contributed by atoms with van der Waals surface area (Å²) in [4.78, 5) is 33.0. The van der Waals surface area contributed by atoms with Crippen LogP contribution in [-0.2, 0) is 9.05 Å². The summed E-state index contributed by atoms with van der Waals surface area (Å²) in [6.07, 6.45) is 0. The van der Waals surface area contributed by atoms with Crippen molar-refractivity contribution in [3.8, 4) is 0 Å². The van der Waals surface area contributed by atoms with Crippen LogP contribution < -0.4 is 0 Å². The van der Waals surface area contributed by atoms with Gasteiger partial charge in [-0.15, -0.1) is 0 Å². The Hall–Kier alpha value is 0.620. The van der Waals surface area contributed by atoms with Gasteiger partial charge in [0, 0.05) is 14.2 Å². The van der Waals surface area contributed by atoms with E-state index in [0.717, 1.165) is 13.3 Å². The number of rotatable bonds is 2. The Kier molecular flexibility index (Phi) is 6.76. The third-order valence-corrected chi connectivity index (χ3v) is 0.937. The van der Waals surface area contributed by atoms with Crippen LogP contribution in [0.15, 0.2) is 0 Å². The van der Waals surface area contributed by atoms with Gasteiger partial charge in [0.1, 0.15) is 0 Å². The first-order valence-electron chi connectivity index (χ1n) is 2.88. The molecule has 0 unspecified atom stereocenters. The summed E-state index contributed by atoms with van der Waals surface area (Å²) >= 11 is 0. The molecule has 4 N–H and O–H groups in total. The van der Waals surface area contributed by atoms with Crippen molar-refractivity contribution < 1.29 is 28.6 Å². The van der Waals surface area contributed by atoms with E-state index in [4.69, 9.17) is 19.6 Å². The first kappa shape index (κ1) is 15.1. The van der Waals surface area contributed by atoms with Crippen molar-refractivity contribution in [2.75, 3.05) is 27.5 Å². The van der Waals surface area contributed by atoms with Crippen LogP contribution >= 0.6 is 15.9 Å². The molecule has 0 radical (unpaired) electrons. The summed E-state index contributed by atoms with van der Waals surface area (Å²) in [5, 5.41) is 0. The molecular formula is C4H16O6P2. The maximum absolute atomic E-state index is 8.29. The van der Waals surface area contributed by atoms with Gasteiger partial charge in [-0.1, -0.05) is 0 Å². The van der Waals surface area contributed by atoms with Gasteiger partial charge in [-0.25, -0.2) is 0 Å². The van der Waals surface area contributed by atoms with Crippen molar-refractivity contribution in [3.63, 3.8) is 0 Å². The zero-order valence-corrected chi connectivity index (χ0v) is 9.29. The van der Waals surface area contributed by atoms with Gasteiger partial charge < -0.3 is 13.9 Å². The first-order valence-corrected chi connectivity index (χ1v) is 7.00. The third-order valence-electron chi connectivity index (χ3n) is 0.312. The molecule has 8 heteroatoms. The van der Waals surface area contributed by atoms with Crippen LogP contribution in [-0.4, -0.2) is 47.1 Å². The van der Waals surface area contributed by atoms with E-state index in [1.165, 1.54) is 14.2 Å².